The Bertz CT molecular complexity index is 1060. The lowest BCUT2D eigenvalue weighted by molar-refractivity contribution is -0.134. The highest BCUT2D eigenvalue weighted by molar-refractivity contribution is 6.21. The molecule has 7 heteroatoms. The molecule has 0 fully saturated rings. The number of hydrogen-bond donors (Lipinski definition) is 2. The summed E-state index contributed by atoms with van der Waals surface area (Å²) in [5.74, 6) is -0.592. The number of phenols is 1. The molecule has 0 aliphatic carbocycles. The van der Waals surface area contributed by atoms with Crippen LogP contribution < -0.4 is 4.74 Å². The van der Waals surface area contributed by atoms with Gasteiger partial charge in [-0.1, -0.05) is 12.1 Å². The third kappa shape index (κ3) is 3.65. The first-order valence-corrected chi connectivity index (χ1v) is 10.0. The Morgan fingerprint density at radius 1 is 1.03 bits per heavy atom. The number of aliphatic carboxylic acids is 1. The van der Waals surface area contributed by atoms with Crippen LogP contribution in [0.4, 0.5) is 0 Å². The Balaban J connectivity index is 0.000000628. The number of rotatable bonds is 2. The second-order valence-corrected chi connectivity index (χ2v) is 8.51. The molecule has 164 valence electrons. The molecule has 7 nitrogen and oxygen atoms in total. The highest BCUT2D eigenvalue weighted by Gasteiger charge is 2.47. The Labute approximate surface area is 181 Å². The number of carbonyl (C=O) groups is 3. The van der Waals surface area contributed by atoms with Crippen LogP contribution in [0.1, 0.15) is 69.7 Å². The minimum Gasteiger partial charge on any atom is -0.507 e. The van der Waals surface area contributed by atoms with Gasteiger partial charge in [-0.05, 0) is 63.4 Å². The number of carboxylic acid groups (broad SMARTS) is 1. The topological polar surface area (TPSA) is 104 Å². The summed E-state index contributed by atoms with van der Waals surface area (Å²) in [6.45, 7) is 10.9. The number of carbonyl (C=O) groups excluding carboxylic acids is 2. The second kappa shape index (κ2) is 7.72. The Hall–Kier alpha value is -3.35. The summed E-state index contributed by atoms with van der Waals surface area (Å²) in [4.78, 5) is 35.9. The van der Waals surface area contributed by atoms with Crippen LogP contribution >= 0.6 is 0 Å². The zero-order valence-electron chi connectivity index (χ0n) is 18.6. The number of ether oxygens (including phenoxy) is 1. The van der Waals surface area contributed by atoms with E-state index in [1.165, 1.54) is 4.90 Å². The van der Waals surface area contributed by atoms with Crippen molar-refractivity contribution in [3.8, 4) is 11.5 Å². The molecule has 2 heterocycles. The maximum atomic E-state index is 12.8. The van der Waals surface area contributed by atoms with E-state index in [1.807, 2.05) is 34.6 Å². The molecule has 2 aliphatic heterocycles. The van der Waals surface area contributed by atoms with Gasteiger partial charge in [-0.15, -0.1) is 0 Å². The molecule has 0 saturated carbocycles. The van der Waals surface area contributed by atoms with Crippen LogP contribution in [0, 0.1) is 20.8 Å². The molecule has 4 rings (SSSR count). The first-order valence-electron chi connectivity index (χ1n) is 10.0. The van der Waals surface area contributed by atoms with Gasteiger partial charge in [-0.2, -0.15) is 0 Å². The third-order valence-electron chi connectivity index (χ3n) is 6.06. The summed E-state index contributed by atoms with van der Waals surface area (Å²) < 4.78 is 6.25. The molecule has 1 unspecified atom stereocenters. The number of imide groups is 1. The van der Waals surface area contributed by atoms with E-state index in [4.69, 9.17) is 14.6 Å². The first-order chi connectivity index (χ1) is 14.4. The fraction of sp³-hybridized carbons (Fsp3) is 0.375. The quantitative estimate of drug-likeness (QED) is 0.706. The number of carboxylic acids is 1. The molecule has 31 heavy (non-hydrogen) atoms. The maximum Gasteiger partial charge on any atom is 0.300 e. The molecule has 2 aliphatic rings. The predicted octanol–water partition coefficient (Wildman–Crippen LogP) is 3.96. The molecule has 2 aromatic carbocycles. The first kappa shape index (κ1) is 22.3. The van der Waals surface area contributed by atoms with Crippen LogP contribution in [-0.2, 0) is 4.79 Å². The molecule has 0 spiro atoms. The predicted molar refractivity (Wildman–Crippen MR) is 115 cm³/mol. The molecule has 1 atom stereocenters. The highest BCUT2D eigenvalue weighted by Crippen LogP contribution is 2.51. The Morgan fingerprint density at radius 3 is 2.00 bits per heavy atom. The summed E-state index contributed by atoms with van der Waals surface area (Å²) in [6, 6.07) is 6.90. The van der Waals surface area contributed by atoms with Crippen molar-refractivity contribution in [1.29, 1.82) is 0 Å². The number of phenolic OH excluding ortho intramolecular Hbond substituents is 1. The van der Waals surface area contributed by atoms with Gasteiger partial charge >= 0.3 is 0 Å². The molecule has 0 saturated heterocycles. The smallest absolute Gasteiger partial charge is 0.300 e. The van der Waals surface area contributed by atoms with E-state index in [2.05, 4.69) is 0 Å². The molecular weight excluding hydrogens is 398 g/mol. The van der Waals surface area contributed by atoms with E-state index in [0.717, 1.165) is 34.9 Å². The van der Waals surface area contributed by atoms with E-state index in [1.54, 1.807) is 24.3 Å². The Kier molecular flexibility index (Phi) is 5.56. The standard InChI is InChI=1S/C22H23NO4.C2H4O2/c1-11-12(2)19-17(13(3)18(11)24)16(22(4,5)27-19)10-23-20(25)14-8-6-7-9-15(14)21(23)26;1-2(3)4/h6-9,16,24H,10H2,1-5H3;1H3,(H,3,4). The summed E-state index contributed by atoms with van der Waals surface area (Å²) in [6.07, 6.45) is 0. The van der Waals surface area contributed by atoms with Crippen molar-refractivity contribution in [2.24, 2.45) is 0 Å². The van der Waals surface area contributed by atoms with Crippen LogP contribution in [0.3, 0.4) is 0 Å². The monoisotopic (exact) mass is 425 g/mol. The summed E-state index contributed by atoms with van der Waals surface area (Å²) in [7, 11) is 0. The summed E-state index contributed by atoms with van der Waals surface area (Å²) in [5.41, 5.74) is 3.61. The zero-order valence-corrected chi connectivity index (χ0v) is 18.6. The van der Waals surface area contributed by atoms with Gasteiger partial charge in [-0.3, -0.25) is 19.3 Å². The zero-order chi connectivity index (χ0) is 23.2. The largest absolute Gasteiger partial charge is 0.507 e. The molecule has 0 bridgehead atoms. The van der Waals surface area contributed by atoms with Gasteiger partial charge in [0.05, 0.1) is 11.1 Å². The fourth-order valence-corrected chi connectivity index (χ4v) is 4.26. The number of fused-ring (bicyclic) bond motifs is 2. The van der Waals surface area contributed by atoms with Crippen LogP contribution in [0.2, 0.25) is 0 Å². The van der Waals surface area contributed by atoms with Crippen molar-refractivity contribution in [3.05, 3.63) is 57.6 Å². The van der Waals surface area contributed by atoms with E-state index < -0.39 is 11.6 Å². The van der Waals surface area contributed by atoms with E-state index in [9.17, 15) is 14.7 Å². The fourth-order valence-electron chi connectivity index (χ4n) is 4.26. The SMILES string of the molecule is CC(=O)O.Cc1c(C)c2c(c(C)c1O)C(CN1C(=O)c3ccccc3C1=O)C(C)(C)O2. The van der Waals surface area contributed by atoms with E-state index in [-0.39, 0.29) is 30.0 Å². The van der Waals surface area contributed by atoms with Crippen LogP contribution in [0.5, 0.6) is 11.5 Å². The van der Waals surface area contributed by atoms with Crippen molar-refractivity contribution >= 4 is 17.8 Å². The van der Waals surface area contributed by atoms with E-state index >= 15 is 0 Å². The van der Waals surface area contributed by atoms with Gasteiger partial charge in [-0.25, -0.2) is 0 Å². The molecule has 2 amide bonds. The number of hydrogen-bond acceptors (Lipinski definition) is 5. The number of nitrogens with zero attached hydrogens (tertiary/aromatic N) is 1. The van der Waals surface area contributed by atoms with Crippen molar-refractivity contribution in [2.45, 2.75) is 53.1 Å². The molecular formula is C24H27NO6. The number of aromatic hydroxyl groups is 1. The van der Waals surface area contributed by atoms with Gasteiger partial charge in [0.1, 0.15) is 17.1 Å². The van der Waals surface area contributed by atoms with Gasteiger partial charge in [0.15, 0.2) is 0 Å². The lowest BCUT2D eigenvalue weighted by Crippen LogP contribution is -2.41. The highest BCUT2D eigenvalue weighted by atomic mass is 16.5. The lowest BCUT2D eigenvalue weighted by atomic mass is 9.82. The summed E-state index contributed by atoms with van der Waals surface area (Å²) >= 11 is 0. The van der Waals surface area contributed by atoms with Crippen molar-refractivity contribution in [2.75, 3.05) is 6.54 Å². The minimum absolute atomic E-state index is 0.217. The minimum atomic E-state index is -0.833. The van der Waals surface area contributed by atoms with Crippen molar-refractivity contribution in [3.63, 3.8) is 0 Å². The van der Waals surface area contributed by atoms with E-state index in [0.29, 0.717) is 11.1 Å². The Morgan fingerprint density at radius 2 is 1.52 bits per heavy atom. The second-order valence-electron chi connectivity index (χ2n) is 8.51. The van der Waals surface area contributed by atoms with Gasteiger partial charge < -0.3 is 14.9 Å². The maximum absolute atomic E-state index is 12.8. The lowest BCUT2D eigenvalue weighted by Gasteiger charge is -2.29. The third-order valence-corrected chi connectivity index (χ3v) is 6.06. The van der Waals surface area contributed by atoms with Crippen molar-refractivity contribution in [1.82, 2.24) is 4.90 Å². The van der Waals surface area contributed by atoms with Gasteiger partial charge in [0.25, 0.3) is 17.8 Å². The van der Waals surface area contributed by atoms with Gasteiger partial charge in [0.2, 0.25) is 0 Å². The average molecular weight is 425 g/mol. The normalized spacial score (nSPS) is 18.1. The van der Waals surface area contributed by atoms with Gasteiger partial charge in [0, 0.05) is 24.9 Å². The molecule has 0 radical (unpaired) electrons. The number of benzene rings is 2. The van der Waals surface area contributed by atoms with Crippen LogP contribution in [0.25, 0.3) is 0 Å². The molecule has 2 N–H and O–H groups in total. The molecule has 0 aromatic heterocycles. The van der Waals surface area contributed by atoms with Crippen LogP contribution in [0.15, 0.2) is 24.3 Å². The summed E-state index contributed by atoms with van der Waals surface area (Å²) in [5, 5.41) is 18.0. The average Bonchev–Trinajstić information content (AvgIpc) is 3.10. The van der Waals surface area contributed by atoms with Crippen LogP contribution in [-0.4, -0.2) is 45.0 Å². The molecule has 2 aromatic rings. The van der Waals surface area contributed by atoms with Crippen molar-refractivity contribution < 1.29 is 29.3 Å². The number of amides is 2.